The normalized spacial score (nSPS) is 15.1. The summed E-state index contributed by atoms with van der Waals surface area (Å²) in [6, 6.07) is 17.7. The first-order chi connectivity index (χ1) is 15.2. The number of rotatable bonds is 11. The summed E-state index contributed by atoms with van der Waals surface area (Å²) in [5, 5.41) is 0. The van der Waals surface area contributed by atoms with Crippen molar-refractivity contribution < 1.29 is 4.68 Å². The summed E-state index contributed by atoms with van der Waals surface area (Å²) in [5.74, 6) is 8.95. The van der Waals surface area contributed by atoms with Gasteiger partial charge in [0.2, 0.25) is 11.4 Å². The fourth-order valence-electron chi connectivity index (χ4n) is 4.09. The molecule has 2 aromatic carbocycles. The molecule has 0 spiro atoms. The topological polar surface area (TPSA) is 26.8 Å². The van der Waals surface area contributed by atoms with Crippen LogP contribution in [0.15, 0.2) is 66.3 Å². The predicted octanol–water partition coefficient (Wildman–Crippen LogP) is 8.31. The summed E-state index contributed by atoms with van der Waals surface area (Å²) < 4.78 is 1.64. The number of nitrogens with one attached hydrogen (secondary N) is 1. The summed E-state index contributed by atoms with van der Waals surface area (Å²) >= 11 is 0. The molecule has 2 nitrogen and oxygen atoms in total. The Hall–Kier alpha value is -2.61. The van der Waals surface area contributed by atoms with Gasteiger partial charge < -0.3 is 5.84 Å². The number of nitrogens with zero attached hydrogens (tertiary/aromatic N) is 1. The van der Waals surface area contributed by atoms with Crippen LogP contribution in [0.5, 0.6) is 0 Å². The van der Waals surface area contributed by atoms with E-state index in [9.17, 15) is 0 Å². The standard InChI is InChI=1S/C29H38N2/c1-4-7-10-13-27-22-28(25-18-14-23(15-19-25)11-8-5-2)31(30)29(27)26-20-16-24(17-21-26)12-9-6-3/h13-22,30H,4-12H2,1-3H3. The van der Waals surface area contributed by atoms with E-state index in [0.29, 0.717) is 0 Å². The molecule has 2 heteroatoms. The third-order valence-corrected chi connectivity index (χ3v) is 6.07. The van der Waals surface area contributed by atoms with Gasteiger partial charge in [-0.1, -0.05) is 76.8 Å². The molecule has 0 bridgehead atoms. The molecule has 0 saturated carbocycles. The second-order valence-electron chi connectivity index (χ2n) is 8.62. The molecule has 164 valence electrons. The summed E-state index contributed by atoms with van der Waals surface area (Å²) in [5.41, 5.74) is 8.15. The molecule has 0 aliphatic carbocycles. The van der Waals surface area contributed by atoms with E-state index < -0.39 is 0 Å². The Morgan fingerprint density at radius 3 is 1.74 bits per heavy atom. The van der Waals surface area contributed by atoms with E-state index in [2.05, 4.69) is 81.5 Å². The number of aryl methyl sites for hydroxylation is 2. The first-order valence-corrected chi connectivity index (χ1v) is 12.2. The lowest BCUT2D eigenvalue weighted by Gasteiger charge is -2.09. The van der Waals surface area contributed by atoms with Crippen molar-refractivity contribution in [2.24, 2.45) is 0 Å². The van der Waals surface area contributed by atoms with Crippen molar-refractivity contribution in [1.29, 1.82) is 0 Å². The predicted molar refractivity (Wildman–Crippen MR) is 134 cm³/mol. The van der Waals surface area contributed by atoms with Gasteiger partial charge in [-0.05, 0) is 67.5 Å². The largest absolute Gasteiger partial charge is 0.448 e. The van der Waals surface area contributed by atoms with Crippen LogP contribution in [0.3, 0.4) is 0 Å². The van der Waals surface area contributed by atoms with Crippen molar-refractivity contribution in [3.63, 3.8) is 0 Å². The van der Waals surface area contributed by atoms with Gasteiger partial charge >= 0.3 is 0 Å². The molecular formula is C29H38N2. The number of hydrogen-bond acceptors (Lipinski definition) is 0. The molecule has 3 rings (SSSR count). The monoisotopic (exact) mass is 414 g/mol. The highest BCUT2D eigenvalue weighted by Crippen LogP contribution is 2.29. The zero-order valence-corrected chi connectivity index (χ0v) is 19.6. The molecule has 0 radical (unpaired) electrons. The molecule has 0 saturated heterocycles. The van der Waals surface area contributed by atoms with Crippen molar-refractivity contribution in [2.75, 3.05) is 0 Å². The maximum absolute atomic E-state index is 8.95. The van der Waals surface area contributed by atoms with Gasteiger partial charge in [0.1, 0.15) is 0 Å². The molecule has 0 fully saturated rings. The molecule has 1 aliphatic heterocycles. The number of hydrogen-bond donors (Lipinski definition) is 0. The molecular weight excluding hydrogens is 376 g/mol. The molecule has 2 aromatic rings. The van der Waals surface area contributed by atoms with Crippen LogP contribution in [0, 0.1) is 0 Å². The van der Waals surface area contributed by atoms with Crippen molar-refractivity contribution in [3.05, 3.63) is 94.4 Å². The Morgan fingerprint density at radius 2 is 1.23 bits per heavy atom. The Kier molecular flexibility index (Phi) is 8.70. The van der Waals surface area contributed by atoms with E-state index >= 15 is 0 Å². The van der Waals surface area contributed by atoms with Crippen LogP contribution >= 0.6 is 0 Å². The lowest BCUT2D eigenvalue weighted by molar-refractivity contribution is -0.347. The highest BCUT2D eigenvalue weighted by Gasteiger charge is 2.27. The minimum atomic E-state index is 0.967. The number of unbranched alkanes of at least 4 members (excludes halogenated alkanes) is 4. The third kappa shape index (κ3) is 5.97. The highest BCUT2D eigenvalue weighted by molar-refractivity contribution is 6.14. The summed E-state index contributed by atoms with van der Waals surface area (Å²) in [4.78, 5) is 0. The molecule has 31 heavy (non-hydrogen) atoms. The van der Waals surface area contributed by atoms with Gasteiger partial charge in [-0.2, -0.15) is 0 Å². The van der Waals surface area contributed by atoms with Crippen LogP contribution in [-0.2, 0) is 12.8 Å². The highest BCUT2D eigenvalue weighted by atomic mass is 15.3. The van der Waals surface area contributed by atoms with Crippen LogP contribution in [0.1, 0.15) is 88.0 Å². The first-order valence-electron chi connectivity index (χ1n) is 12.2. The summed E-state index contributed by atoms with van der Waals surface area (Å²) in [6.07, 6.45) is 15.1. The van der Waals surface area contributed by atoms with Gasteiger partial charge in [0.15, 0.2) is 0 Å². The van der Waals surface area contributed by atoms with E-state index in [1.54, 1.807) is 4.68 Å². The molecule has 0 atom stereocenters. The van der Waals surface area contributed by atoms with E-state index in [1.165, 1.54) is 55.2 Å². The second-order valence-corrected chi connectivity index (χ2v) is 8.62. The average molecular weight is 415 g/mol. The lowest BCUT2D eigenvalue weighted by atomic mass is 9.99. The molecule has 1 N–H and O–H groups in total. The third-order valence-electron chi connectivity index (χ3n) is 6.07. The molecule has 0 amide bonds. The molecule has 0 aromatic heterocycles. The summed E-state index contributed by atoms with van der Waals surface area (Å²) in [7, 11) is 0. The van der Waals surface area contributed by atoms with E-state index in [0.717, 1.165) is 41.8 Å². The Balaban J connectivity index is 1.91. The Morgan fingerprint density at radius 1 is 0.710 bits per heavy atom. The SMILES string of the molecule is CCCCC=C1C=C(c2ccc(CCCC)cc2)[N+]([NH-])=C1c1ccc(CCCC)cc1. The maximum atomic E-state index is 8.95. The molecule has 1 aliphatic rings. The zero-order chi connectivity index (χ0) is 22.1. The van der Waals surface area contributed by atoms with Gasteiger partial charge in [0.05, 0.1) is 0 Å². The van der Waals surface area contributed by atoms with Crippen LogP contribution in [0.25, 0.3) is 11.5 Å². The van der Waals surface area contributed by atoms with Crippen molar-refractivity contribution >= 4 is 11.4 Å². The Labute approximate surface area is 189 Å². The molecule has 0 unspecified atom stereocenters. The lowest BCUT2D eigenvalue weighted by Crippen LogP contribution is -2.11. The van der Waals surface area contributed by atoms with E-state index in [1.807, 2.05) is 0 Å². The first kappa shape index (κ1) is 23.1. The fourth-order valence-corrected chi connectivity index (χ4v) is 4.09. The van der Waals surface area contributed by atoms with Crippen LogP contribution in [-0.4, -0.2) is 10.4 Å². The van der Waals surface area contributed by atoms with Crippen molar-refractivity contribution in [3.8, 4) is 0 Å². The maximum Gasteiger partial charge on any atom is 0.215 e. The van der Waals surface area contributed by atoms with Gasteiger partial charge in [-0.15, -0.1) is 0 Å². The van der Waals surface area contributed by atoms with Crippen LogP contribution < -0.4 is 0 Å². The Bertz CT molecular complexity index is 928. The van der Waals surface area contributed by atoms with Gasteiger partial charge in [0.25, 0.3) is 0 Å². The number of allylic oxidation sites excluding steroid dienone is 3. The average Bonchev–Trinajstić information content (AvgIpc) is 3.13. The molecule has 1 heterocycles. The van der Waals surface area contributed by atoms with Crippen LogP contribution in [0.4, 0.5) is 0 Å². The summed E-state index contributed by atoms with van der Waals surface area (Å²) in [6.45, 7) is 6.69. The van der Waals surface area contributed by atoms with Gasteiger partial charge in [-0.25, -0.2) is 4.68 Å². The quantitative estimate of drug-likeness (QED) is 0.261. The zero-order valence-electron chi connectivity index (χ0n) is 19.6. The van der Waals surface area contributed by atoms with E-state index in [-0.39, 0.29) is 0 Å². The minimum absolute atomic E-state index is 0.967. The second kappa shape index (κ2) is 11.7. The fraction of sp³-hybridized carbons (Fsp3) is 0.414. The van der Waals surface area contributed by atoms with E-state index in [4.69, 9.17) is 5.84 Å². The van der Waals surface area contributed by atoms with Crippen LogP contribution in [0.2, 0.25) is 0 Å². The van der Waals surface area contributed by atoms with Crippen molar-refractivity contribution in [2.45, 2.75) is 78.6 Å². The van der Waals surface area contributed by atoms with Crippen molar-refractivity contribution in [1.82, 2.24) is 0 Å². The number of benzene rings is 2. The van der Waals surface area contributed by atoms with Gasteiger partial charge in [0, 0.05) is 22.8 Å². The van der Waals surface area contributed by atoms with Gasteiger partial charge in [-0.3, -0.25) is 0 Å². The smallest absolute Gasteiger partial charge is 0.215 e. The minimum Gasteiger partial charge on any atom is -0.448 e.